The third-order valence-corrected chi connectivity index (χ3v) is 5.97. The lowest BCUT2D eigenvalue weighted by atomic mass is 10.1. The highest BCUT2D eigenvalue weighted by Crippen LogP contribution is 2.33. The maximum absolute atomic E-state index is 12.9. The number of amides is 2. The molecule has 1 aliphatic rings. The fourth-order valence-electron chi connectivity index (χ4n) is 3.65. The summed E-state index contributed by atoms with van der Waals surface area (Å²) in [4.78, 5) is 27.2. The maximum Gasteiger partial charge on any atom is 0.230 e. The SMILES string of the molecule is CCOc1ccccc1N1CC(C(=O)Nc2ccnn2Cc2ccccc2Br)CC1=O. The molecule has 160 valence electrons. The molecule has 1 unspecified atom stereocenters. The van der Waals surface area contributed by atoms with E-state index in [9.17, 15) is 9.59 Å². The summed E-state index contributed by atoms with van der Waals surface area (Å²) in [5.74, 6) is 0.508. The Hall–Kier alpha value is -3.13. The van der Waals surface area contributed by atoms with Crippen LogP contribution in [0.1, 0.15) is 18.9 Å². The quantitative estimate of drug-likeness (QED) is 0.550. The van der Waals surface area contributed by atoms with Crippen molar-refractivity contribution in [2.45, 2.75) is 19.9 Å². The maximum atomic E-state index is 12.9. The molecule has 0 radical (unpaired) electrons. The highest BCUT2D eigenvalue weighted by Gasteiger charge is 2.36. The lowest BCUT2D eigenvalue weighted by Crippen LogP contribution is -2.29. The molecule has 2 amide bonds. The van der Waals surface area contributed by atoms with E-state index >= 15 is 0 Å². The number of carbonyl (C=O) groups excluding carboxylic acids is 2. The van der Waals surface area contributed by atoms with Gasteiger partial charge in [-0.05, 0) is 30.7 Å². The smallest absolute Gasteiger partial charge is 0.230 e. The molecule has 7 nitrogen and oxygen atoms in total. The Morgan fingerprint density at radius 1 is 1.19 bits per heavy atom. The van der Waals surface area contributed by atoms with E-state index in [-0.39, 0.29) is 18.2 Å². The summed E-state index contributed by atoms with van der Waals surface area (Å²) >= 11 is 3.54. The standard InChI is InChI=1S/C23H23BrN4O3/c1-2-31-20-10-6-5-9-19(20)27-14-17(13-22(27)29)23(30)26-21-11-12-25-28(21)15-16-7-3-4-8-18(16)24/h3-12,17H,2,13-15H2,1H3,(H,26,30). The minimum Gasteiger partial charge on any atom is -0.492 e. The van der Waals surface area contributed by atoms with Crippen molar-refractivity contribution in [2.24, 2.45) is 5.92 Å². The molecule has 31 heavy (non-hydrogen) atoms. The van der Waals surface area contributed by atoms with Crippen molar-refractivity contribution in [2.75, 3.05) is 23.4 Å². The molecule has 1 aliphatic heterocycles. The Morgan fingerprint density at radius 3 is 2.77 bits per heavy atom. The van der Waals surface area contributed by atoms with Crippen molar-refractivity contribution in [3.63, 3.8) is 0 Å². The molecule has 2 aromatic carbocycles. The van der Waals surface area contributed by atoms with Gasteiger partial charge in [-0.1, -0.05) is 46.3 Å². The number of anilines is 2. The summed E-state index contributed by atoms with van der Waals surface area (Å²) in [6, 6.07) is 17.0. The van der Waals surface area contributed by atoms with Crippen LogP contribution in [-0.2, 0) is 16.1 Å². The fraction of sp³-hybridized carbons (Fsp3) is 0.261. The average Bonchev–Trinajstić information content (AvgIpc) is 3.37. The van der Waals surface area contributed by atoms with E-state index in [0.29, 0.717) is 37.0 Å². The predicted molar refractivity (Wildman–Crippen MR) is 122 cm³/mol. The van der Waals surface area contributed by atoms with Crippen LogP contribution < -0.4 is 15.0 Å². The lowest BCUT2D eigenvalue weighted by Gasteiger charge is -2.20. The summed E-state index contributed by atoms with van der Waals surface area (Å²) in [6.07, 6.45) is 1.81. The molecular weight excluding hydrogens is 460 g/mol. The van der Waals surface area contributed by atoms with Crippen LogP contribution in [0.25, 0.3) is 0 Å². The first kappa shape index (κ1) is 21.1. The summed E-state index contributed by atoms with van der Waals surface area (Å²) in [5.41, 5.74) is 1.75. The summed E-state index contributed by atoms with van der Waals surface area (Å²) in [7, 11) is 0. The number of ether oxygens (including phenoxy) is 1. The fourth-order valence-corrected chi connectivity index (χ4v) is 4.07. The van der Waals surface area contributed by atoms with Gasteiger partial charge in [0.25, 0.3) is 0 Å². The second kappa shape index (κ2) is 9.34. The molecular formula is C23H23BrN4O3. The Balaban J connectivity index is 1.46. The van der Waals surface area contributed by atoms with Crippen molar-refractivity contribution in [3.05, 3.63) is 70.8 Å². The first-order valence-electron chi connectivity index (χ1n) is 10.1. The van der Waals surface area contributed by atoms with Crippen LogP contribution in [0.15, 0.2) is 65.3 Å². The van der Waals surface area contributed by atoms with Crippen LogP contribution in [0.5, 0.6) is 5.75 Å². The third-order valence-electron chi connectivity index (χ3n) is 5.20. The molecule has 0 bridgehead atoms. The van der Waals surface area contributed by atoms with E-state index in [0.717, 1.165) is 10.0 Å². The van der Waals surface area contributed by atoms with Crippen molar-refractivity contribution in [1.82, 2.24) is 9.78 Å². The molecule has 0 aliphatic carbocycles. The van der Waals surface area contributed by atoms with Gasteiger partial charge in [0, 0.05) is 23.5 Å². The van der Waals surface area contributed by atoms with Crippen LogP contribution in [0, 0.1) is 5.92 Å². The Morgan fingerprint density at radius 2 is 1.97 bits per heavy atom. The molecule has 4 rings (SSSR count). The lowest BCUT2D eigenvalue weighted by molar-refractivity contribution is -0.122. The van der Waals surface area contributed by atoms with E-state index in [1.54, 1.807) is 21.8 Å². The number of benzene rings is 2. The molecule has 1 fully saturated rings. The van der Waals surface area contributed by atoms with E-state index in [1.807, 2.05) is 55.5 Å². The van der Waals surface area contributed by atoms with Gasteiger partial charge < -0.3 is 15.0 Å². The first-order chi connectivity index (χ1) is 15.1. The zero-order valence-corrected chi connectivity index (χ0v) is 18.7. The normalized spacial score (nSPS) is 15.9. The van der Waals surface area contributed by atoms with Crippen LogP contribution in [0.2, 0.25) is 0 Å². The van der Waals surface area contributed by atoms with E-state index in [4.69, 9.17) is 4.74 Å². The van der Waals surface area contributed by atoms with E-state index in [1.165, 1.54) is 0 Å². The number of rotatable bonds is 7. The molecule has 0 spiro atoms. The number of hydrogen-bond acceptors (Lipinski definition) is 4. The average molecular weight is 483 g/mol. The summed E-state index contributed by atoms with van der Waals surface area (Å²) in [5, 5.41) is 7.27. The molecule has 0 saturated carbocycles. The van der Waals surface area contributed by atoms with Gasteiger partial charge in [-0.25, -0.2) is 4.68 Å². The minimum atomic E-state index is -0.450. The number of carbonyl (C=O) groups is 2. The third kappa shape index (κ3) is 4.64. The Bertz CT molecular complexity index is 1100. The number of hydrogen-bond donors (Lipinski definition) is 1. The molecule has 1 aromatic heterocycles. The van der Waals surface area contributed by atoms with Crippen LogP contribution in [0.4, 0.5) is 11.5 Å². The topological polar surface area (TPSA) is 76.5 Å². The van der Waals surface area contributed by atoms with Gasteiger partial charge in [-0.3, -0.25) is 9.59 Å². The second-order valence-electron chi connectivity index (χ2n) is 7.26. The first-order valence-corrected chi connectivity index (χ1v) is 10.9. The van der Waals surface area contributed by atoms with Crippen LogP contribution in [0.3, 0.4) is 0 Å². The van der Waals surface area contributed by atoms with Crippen molar-refractivity contribution in [3.8, 4) is 5.75 Å². The zero-order valence-electron chi connectivity index (χ0n) is 17.1. The minimum absolute atomic E-state index is 0.0889. The van der Waals surface area contributed by atoms with Crippen LogP contribution in [-0.4, -0.2) is 34.7 Å². The number of aromatic nitrogens is 2. The number of halogens is 1. The molecule has 2 heterocycles. The van der Waals surface area contributed by atoms with Gasteiger partial charge in [-0.15, -0.1) is 0 Å². The second-order valence-corrected chi connectivity index (χ2v) is 8.12. The molecule has 3 aromatic rings. The Labute approximate surface area is 189 Å². The monoisotopic (exact) mass is 482 g/mol. The molecule has 1 atom stereocenters. The van der Waals surface area contributed by atoms with Crippen LogP contribution >= 0.6 is 15.9 Å². The van der Waals surface area contributed by atoms with E-state index < -0.39 is 5.92 Å². The molecule has 1 N–H and O–H groups in total. The number of para-hydroxylation sites is 2. The van der Waals surface area contributed by atoms with Gasteiger partial charge in [0.05, 0.1) is 31.0 Å². The highest BCUT2D eigenvalue weighted by atomic mass is 79.9. The Kier molecular flexibility index (Phi) is 6.36. The summed E-state index contributed by atoms with van der Waals surface area (Å²) < 4.78 is 8.36. The van der Waals surface area contributed by atoms with Gasteiger partial charge in [0.1, 0.15) is 11.6 Å². The largest absolute Gasteiger partial charge is 0.492 e. The number of nitrogens with zero attached hydrogens (tertiary/aromatic N) is 3. The van der Waals surface area contributed by atoms with Crippen molar-refractivity contribution in [1.29, 1.82) is 0 Å². The highest BCUT2D eigenvalue weighted by molar-refractivity contribution is 9.10. The zero-order chi connectivity index (χ0) is 21.8. The van der Waals surface area contributed by atoms with Gasteiger partial charge in [-0.2, -0.15) is 5.10 Å². The van der Waals surface area contributed by atoms with Gasteiger partial charge in [0.2, 0.25) is 11.8 Å². The summed E-state index contributed by atoms with van der Waals surface area (Å²) in [6.45, 7) is 3.23. The predicted octanol–water partition coefficient (Wildman–Crippen LogP) is 4.08. The molecule has 1 saturated heterocycles. The molecule has 8 heteroatoms. The van der Waals surface area contributed by atoms with Crippen molar-refractivity contribution < 1.29 is 14.3 Å². The van der Waals surface area contributed by atoms with Gasteiger partial charge >= 0.3 is 0 Å². The van der Waals surface area contributed by atoms with E-state index in [2.05, 4.69) is 26.3 Å². The van der Waals surface area contributed by atoms with Crippen molar-refractivity contribution >= 4 is 39.2 Å². The van der Waals surface area contributed by atoms with Gasteiger partial charge in [0.15, 0.2) is 0 Å². The number of nitrogens with one attached hydrogen (secondary N) is 1.